The van der Waals surface area contributed by atoms with Crippen LogP contribution in [0.25, 0.3) is 20.4 Å². The summed E-state index contributed by atoms with van der Waals surface area (Å²) in [5.41, 5.74) is 5.03. The number of hydrogen-bond donors (Lipinski definition) is 0. The van der Waals surface area contributed by atoms with Crippen molar-refractivity contribution in [3.05, 3.63) is 29.3 Å². The molecular formula is C14H14I2N4S2. The lowest BCUT2D eigenvalue weighted by molar-refractivity contribution is 0.758. The summed E-state index contributed by atoms with van der Waals surface area (Å²) in [5, 5.41) is 13.0. The largest absolute Gasteiger partial charge is 0.266 e. The molecule has 0 fully saturated rings. The summed E-state index contributed by atoms with van der Waals surface area (Å²) in [5.74, 6) is 0. The molecule has 0 aliphatic rings. The van der Waals surface area contributed by atoms with E-state index in [9.17, 15) is 0 Å². The second-order valence-electron chi connectivity index (χ2n) is 5.02. The quantitative estimate of drug-likeness (QED) is 0.283. The zero-order chi connectivity index (χ0) is 16.0. The first-order valence-electron chi connectivity index (χ1n) is 6.52. The van der Waals surface area contributed by atoms with Crippen LogP contribution in [0.2, 0.25) is 0 Å². The van der Waals surface area contributed by atoms with Gasteiger partial charge in [-0.15, -0.1) is 22.7 Å². The standard InChI is InChI=1S/2C7H7IN2S/c1-4-3-11-6-5(4)10(2)9-7(6)8;1-4-3-11-6-5(4)9-10(2)7(6)8/h2*3H,1-2H3. The molecule has 4 nitrogen and oxygen atoms in total. The van der Waals surface area contributed by atoms with Gasteiger partial charge in [-0.2, -0.15) is 10.2 Å². The third kappa shape index (κ3) is 2.82. The Morgan fingerprint density at radius 1 is 0.909 bits per heavy atom. The van der Waals surface area contributed by atoms with Crippen LogP contribution in [0.4, 0.5) is 0 Å². The molecule has 0 radical (unpaired) electrons. The SMILES string of the molecule is Cc1csc2c(I)n(C)nc12.Cc1csc2c(I)nn(C)c12. The third-order valence-electron chi connectivity index (χ3n) is 3.35. The number of halogens is 2. The van der Waals surface area contributed by atoms with E-state index < -0.39 is 0 Å². The summed E-state index contributed by atoms with van der Waals surface area (Å²) < 4.78 is 8.84. The van der Waals surface area contributed by atoms with Gasteiger partial charge in [0.2, 0.25) is 0 Å². The molecule has 8 heteroatoms. The summed E-state index contributed by atoms with van der Waals surface area (Å²) in [7, 11) is 3.97. The number of hydrogen-bond acceptors (Lipinski definition) is 4. The Labute approximate surface area is 163 Å². The van der Waals surface area contributed by atoms with Gasteiger partial charge < -0.3 is 0 Å². The zero-order valence-corrected chi connectivity index (χ0v) is 18.5. The van der Waals surface area contributed by atoms with Crippen LogP contribution in [-0.2, 0) is 14.1 Å². The number of nitrogens with zero attached hydrogens (tertiary/aromatic N) is 4. The maximum Gasteiger partial charge on any atom is 0.141 e. The molecule has 0 saturated heterocycles. The normalized spacial score (nSPS) is 11.2. The highest BCUT2D eigenvalue weighted by atomic mass is 127. The van der Waals surface area contributed by atoms with Gasteiger partial charge in [0.25, 0.3) is 0 Å². The third-order valence-corrected chi connectivity index (χ3v) is 8.27. The molecule has 0 bridgehead atoms. The van der Waals surface area contributed by atoms with Crippen molar-refractivity contribution in [1.82, 2.24) is 19.6 Å². The van der Waals surface area contributed by atoms with E-state index in [1.165, 1.54) is 29.7 Å². The second-order valence-corrected chi connectivity index (χ2v) is 8.82. The summed E-state index contributed by atoms with van der Waals surface area (Å²) in [6.07, 6.45) is 0. The molecule has 4 heterocycles. The highest BCUT2D eigenvalue weighted by Crippen LogP contribution is 2.29. The van der Waals surface area contributed by atoms with Gasteiger partial charge in [0.05, 0.1) is 14.9 Å². The molecule has 116 valence electrons. The lowest BCUT2D eigenvalue weighted by Crippen LogP contribution is -1.91. The van der Waals surface area contributed by atoms with Crippen LogP contribution in [0.1, 0.15) is 11.1 Å². The Balaban J connectivity index is 0.000000131. The number of aromatic nitrogens is 4. The minimum atomic E-state index is 1.11. The Morgan fingerprint density at radius 3 is 2.18 bits per heavy atom. The van der Waals surface area contributed by atoms with Gasteiger partial charge in [0.1, 0.15) is 12.9 Å². The van der Waals surface area contributed by atoms with Gasteiger partial charge in [-0.1, -0.05) is 0 Å². The molecule has 22 heavy (non-hydrogen) atoms. The number of thiophene rings is 2. The van der Waals surface area contributed by atoms with Crippen molar-refractivity contribution >= 4 is 88.3 Å². The first kappa shape index (κ1) is 16.7. The predicted molar refractivity (Wildman–Crippen MR) is 112 cm³/mol. The Morgan fingerprint density at radius 2 is 1.55 bits per heavy atom. The molecule has 0 saturated carbocycles. The first-order valence-corrected chi connectivity index (χ1v) is 10.4. The lowest BCUT2D eigenvalue weighted by atomic mass is 10.3. The molecule has 0 unspecified atom stereocenters. The van der Waals surface area contributed by atoms with Crippen molar-refractivity contribution in [2.45, 2.75) is 13.8 Å². The molecule has 4 aromatic rings. The second kappa shape index (κ2) is 6.36. The lowest BCUT2D eigenvalue weighted by Gasteiger charge is -1.89. The van der Waals surface area contributed by atoms with E-state index in [1.54, 1.807) is 22.7 Å². The summed E-state index contributed by atoms with van der Waals surface area (Å²) >= 11 is 8.13. The van der Waals surface area contributed by atoms with Crippen LogP contribution in [0.15, 0.2) is 10.8 Å². The molecule has 0 spiro atoms. The van der Waals surface area contributed by atoms with E-state index in [-0.39, 0.29) is 0 Å². The van der Waals surface area contributed by atoms with Crippen molar-refractivity contribution in [1.29, 1.82) is 0 Å². The molecule has 0 aliphatic heterocycles. The van der Waals surface area contributed by atoms with E-state index >= 15 is 0 Å². The van der Waals surface area contributed by atoms with Crippen LogP contribution >= 0.6 is 67.9 Å². The van der Waals surface area contributed by atoms with E-state index in [0.29, 0.717) is 0 Å². The van der Waals surface area contributed by atoms with Crippen molar-refractivity contribution in [2.75, 3.05) is 0 Å². The Kier molecular flexibility index (Phi) is 4.82. The molecule has 4 aromatic heterocycles. The monoisotopic (exact) mass is 556 g/mol. The average molecular weight is 556 g/mol. The predicted octanol–water partition coefficient (Wildman–Crippen LogP) is 5.10. The summed E-state index contributed by atoms with van der Waals surface area (Å²) in [6.45, 7) is 4.22. The molecule has 4 rings (SSSR count). The van der Waals surface area contributed by atoms with Crippen LogP contribution in [0.5, 0.6) is 0 Å². The maximum absolute atomic E-state index is 4.39. The molecule has 0 amide bonds. The van der Waals surface area contributed by atoms with Gasteiger partial charge in [0.15, 0.2) is 0 Å². The molecule has 0 atom stereocenters. The van der Waals surface area contributed by atoms with Crippen LogP contribution < -0.4 is 0 Å². The molecular weight excluding hydrogens is 542 g/mol. The summed E-state index contributed by atoms with van der Waals surface area (Å²) in [4.78, 5) is 0. The summed E-state index contributed by atoms with van der Waals surface area (Å²) in [6, 6.07) is 0. The maximum atomic E-state index is 4.39. The van der Waals surface area contributed by atoms with E-state index in [0.717, 1.165) is 9.22 Å². The van der Waals surface area contributed by atoms with Crippen molar-refractivity contribution in [2.24, 2.45) is 14.1 Å². The molecule has 0 aromatic carbocycles. The topological polar surface area (TPSA) is 35.6 Å². The van der Waals surface area contributed by atoms with Crippen LogP contribution in [0, 0.1) is 21.2 Å². The first-order chi connectivity index (χ1) is 10.4. The van der Waals surface area contributed by atoms with Crippen LogP contribution in [0.3, 0.4) is 0 Å². The fraction of sp³-hybridized carbons (Fsp3) is 0.286. The fourth-order valence-corrected chi connectivity index (χ4v) is 5.87. The van der Waals surface area contributed by atoms with E-state index in [2.05, 4.69) is 80.0 Å². The van der Waals surface area contributed by atoms with Crippen molar-refractivity contribution in [3.8, 4) is 0 Å². The average Bonchev–Trinajstić information content (AvgIpc) is 3.16. The minimum absolute atomic E-state index is 1.11. The Hall–Kier alpha value is -0.200. The van der Waals surface area contributed by atoms with Crippen LogP contribution in [-0.4, -0.2) is 19.6 Å². The van der Waals surface area contributed by atoms with Gasteiger partial charge in [-0.05, 0) is 80.9 Å². The highest BCUT2D eigenvalue weighted by Gasteiger charge is 2.10. The van der Waals surface area contributed by atoms with Gasteiger partial charge >= 0.3 is 0 Å². The number of rotatable bonds is 0. The van der Waals surface area contributed by atoms with E-state index in [1.807, 2.05) is 23.5 Å². The smallest absolute Gasteiger partial charge is 0.141 e. The van der Waals surface area contributed by atoms with Gasteiger partial charge in [-0.25, -0.2) is 0 Å². The number of aryl methyl sites for hydroxylation is 4. The van der Waals surface area contributed by atoms with Gasteiger partial charge in [-0.3, -0.25) is 9.36 Å². The zero-order valence-electron chi connectivity index (χ0n) is 12.5. The Bertz CT molecular complexity index is 960. The molecule has 0 N–H and O–H groups in total. The fourth-order valence-electron chi connectivity index (χ4n) is 2.26. The van der Waals surface area contributed by atoms with Gasteiger partial charge in [0, 0.05) is 14.1 Å². The minimum Gasteiger partial charge on any atom is -0.266 e. The van der Waals surface area contributed by atoms with Crippen molar-refractivity contribution < 1.29 is 0 Å². The number of fused-ring (bicyclic) bond motifs is 2. The highest BCUT2D eigenvalue weighted by molar-refractivity contribution is 14.1. The van der Waals surface area contributed by atoms with E-state index in [4.69, 9.17) is 0 Å². The molecule has 0 aliphatic carbocycles. The van der Waals surface area contributed by atoms with Crippen molar-refractivity contribution in [3.63, 3.8) is 0 Å².